The van der Waals surface area contributed by atoms with Crippen LogP contribution in [0.15, 0.2) is 18.2 Å². The summed E-state index contributed by atoms with van der Waals surface area (Å²) in [6.45, 7) is 6.55. The van der Waals surface area contributed by atoms with E-state index in [1.54, 1.807) is 0 Å². The van der Waals surface area contributed by atoms with Crippen molar-refractivity contribution in [2.24, 2.45) is 5.41 Å². The van der Waals surface area contributed by atoms with Crippen LogP contribution in [-0.2, 0) is 6.42 Å². The van der Waals surface area contributed by atoms with Crippen molar-refractivity contribution >= 4 is 5.69 Å². The summed E-state index contributed by atoms with van der Waals surface area (Å²) in [6.07, 6.45) is 3.65. The molecule has 0 radical (unpaired) electrons. The third-order valence-corrected chi connectivity index (χ3v) is 4.36. The first-order valence-electron chi connectivity index (χ1n) is 7.33. The van der Waals surface area contributed by atoms with Crippen molar-refractivity contribution in [3.63, 3.8) is 0 Å². The molecule has 1 N–H and O–H groups in total. The van der Waals surface area contributed by atoms with Crippen LogP contribution in [-0.4, -0.2) is 38.2 Å². The number of anilines is 1. The van der Waals surface area contributed by atoms with Gasteiger partial charge in [-0.15, -0.1) is 0 Å². The molecule has 0 aromatic heterocycles. The van der Waals surface area contributed by atoms with Crippen molar-refractivity contribution < 1.29 is 4.74 Å². The van der Waals surface area contributed by atoms with Gasteiger partial charge in [-0.05, 0) is 44.5 Å². The molecule has 2 aliphatic rings. The van der Waals surface area contributed by atoms with Gasteiger partial charge in [0, 0.05) is 30.3 Å². The normalized spacial score (nSPS) is 26.8. The highest BCUT2D eigenvalue weighted by Crippen LogP contribution is 2.31. The van der Waals surface area contributed by atoms with E-state index >= 15 is 0 Å². The van der Waals surface area contributed by atoms with Gasteiger partial charge in [-0.3, -0.25) is 0 Å². The summed E-state index contributed by atoms with van der Waals surface area (Å²) < 4.78 is 6.04. The number of ether oxygens (including phenoxy) is 1. The van der Waals surface area contributed by atoms with Gasteiger partial charge in [0.25, 0.3) is 0 Å². The van der Waals surface area contributed by atoms with Gasteiger partial charge in [0.1, 0.15) is 5.75 Å². The van der Waals surface area contributed by atoms with E-state index in [2.05, 4.69) is 42.4 Å². The number of nitrogens with one attached hydrogen (secondary N) is 1. The number of rotatable bonds is 3. The second-order valence-electron chi connectivity index (χ2n) is 6.44. The van der Waals surface area contributed by atoms with Crippen LogP contribution in [0.25, 0.3) is 0 Å². The second-order valence-corrected chi connectivity index (χ2v) is 6.44. The molecule has 3 nitrogen and oxygen atoms in total. The minimum absolute atomic E-state index is 0.304. The lowest BCUT2D eigenvalue weighted by molar-refractivity contribution is 0.168. The number of benzene rings is 1. The van der Waals surface area contributed by atoms with Crippen molar-refractivity contribution in [1.29, 1.82) is 0 Å². The quantitative estimate of drug-likeness (QED) is 0.904. The Morgan fingerprint density at radius 3 is 3.11 bits per heavy atom. The van der Waals surface area contributed by atoms with E-state index in [4.69, 9.17) is 4.74 Å². The number of aryl methyl sites for hydroxylation is 1. The Morgan fingerprint density at radius 1 is 1.42 bits per heavy atom. The molecule has 1 saturated heterocycles. The fourth-order valence-corrected chi connectivity index (χ4v) is 3.18. The fourth-order valence-electron chi connectivity index (χ4n) is 3.18. The average molecular weight is 260 g/mol. The monoisotopic (exact) mass is 260 g/mol. The predicted molar refractivity (Wildman–Crippen MR) is 79.0 cm³/mol. The molecule has 2 aliphatic heterocycles. The summed E-state index contributed by atoms with van der Waals surface area (Å²) in [5.74, 6) is 1.00. The van der Waals surface area contributed by atoms with E-state index in [9.17, 15) is 0 Å². The topological polar surface area (TPSA) is 24.5 Å². The summed E-state index contributed by atoms with van der Waals surface area (Å²) in [5.41, 5.74) is 2.99. The maximum atomic E-state index is 6.04. The van der Waals surface area contributed by atoms with Crippen LogP contribution in [0.4, 0.5) is 5.69 Å². The number of fused-ring (bicyclic) bond motifs is 1. The van der Waals surface area contributed by atoms with Gasteiger partial charge < -0.3 is 15.0 Å². The molecule has 0 saturated carbocycles. The standard InChI is InChI=1S/C16H24N2O/c1-16(7-9-18(2)11-16)12-19-14-6-5-13-4-3-8-17-15(13)10-14/h5-6,10,17H,3-4,7-9,11-12H2,1-2H3. The van der Waals surface area contributed by atoms with Gasteiger partial charge in [-0.1, -0.05) is 13.0 Å². The molecule has 3 rings (SSSR count). The summed E-state index contributed by atoms with van der Waals surface area (Å²) in [6, 6.07) is 6.49. The van der Waals surface area contributed by atoms with E-state index in [0.29, 0.717) is 5.41 Å². The third-order valence-electron chi connectivity index (χ3n) is 4.36. The molecule has 2 heterocycles. The van der Waals surface area contributed by atoms with Gasteiger partial charge in [0.05, 0.1) is 6.61 Å². The van der Waals surface area contributed by atoms with Crippen molar-refractivity contribution in [2.45, 2.75) is 26.2 Å². The Morgan fingerprint density at radius 2 is 2.32 bits per heavy atom. The van der Waals surface area contributed by atoms with Crippen LogP contribution >= 0.6 is 0 Å². The zero-order valence-electron chi connectivity index (χ0n) is 12.0. The van der Waals surface area contributed by atoms with Gasteiger partial charge >= 0.3 is 0 Å². The molecule has 104 valence electrons. The summed E-state index contributed by atoms with van der Waals surface area (Å²) in [4.78, 5) is 2.39. The Hall–Kier alpha value is -1.22. The molecule has 1 aromatic carbocycles. The summed E-state index contributed by atoms with van der Waals surface area (Å²) in [7, 11) is 2.19. The molecule has 19 heavy (non-hydrogen) atoms. The molecule has 0 amide bonds. The molecule has 1 unspecified atom stereocenters. The largest absolute Gasteiger partial charge is 0.493 e. The first-order valence-corrected chi connectivity index (χ1v) is 7.33. The predicted octanol–water partition coefficient (Wildman–Crippen LogP) is 2.77. The summed E-state index contributed by atoms with van der Waals surface area (Å²) in [5, 5.41) is 3.46. The highest BCUT2D eigenvalue weighted by Gasteiger charge is 2.32. The van der Waals surface area contributed by atoms with E-state index in [1.807, 2.05) is 0 Å². The minimum Gasteiger partial charge on any atom is -0.493 e. The van der Waals surface area contributed by atoms with Crippen LogP contribution < -0.4 is 10.1 Å². The van der Waals surface area contributed by atoms with Gasteiger partial charge in [-0.2, -0.15) is 0 Å². The lowest BCUT2D eigenvalue weighted by Crippen LogP contribution is -2.28. The Balaban J connectivity index is 1.64. The lowest BCUT2D eigenvalue weighted by Gasteiger charge is -2.25. The number of nitrogens with zero attached hydrogens (tertiary/aromatic N) is 1. The van der Waals surface area contributed by atoms with Crippen LogP contribution in [0.2, 0.25) is 0 Å². The highest BCUT2D eigenvalue weighted by atomic mass is 16.5. The molecule has 1 atom stereocenters. The fraction of sp³-hybridized carbons (Fsp3) is 0.625. The van der Waals surface area contributed by atoms with Crippen molar-refractivity contribution in [3.8, 4) is 5.75 Å². The zero-order chi connectivity index (χ0) is 13.3. The Bertz CT molecular complexity index is 460. The van der Waals surface area contributed by atoms with Crippen molar-refractivity contribution in [1.82, 2.24) is 4.90 Å². The maximum absolute atomic E-state index is 6.04. The minimum atomic E-state index is 0.304. The second kappa shape index (κ2) is 5.04. The van der Waals surface area contributed by atoms with Crippen molar-refractivity contribution in [3.05, 3.63) is 23.8 Å². The van der Waals surface area contributed by atoms with Crippen LogP contribution in [0.1, 0.15) is 25.3 Å². The van der Waals surface area contributed by atoms with Crippen LogP contribution in [0.5, 0.6) is 5.75 Å². The molecule has 1 aromatic rings. The maximum Gasteiger partial charge on any atom is 0.121 e. The number of likely N-dealkylation sites (tertiary alicyclic amines) is 1. The first-order chi connectivity index (χ1) is 9.15. The average Bonchev–Trinajstić information content (AvgIpc) is 2.77. The van der Waals surface area contributed by atoms with Crippen LogP contribution in [0.3, 0.4) is 0 Å². The van der Waals surface area contributed by atoms with Crippen LogP contribution in [0, 0.1) is 5.41 Å². The Kier molecular flexibility index (Phi) is 3.40. The first kappa shape index (κ1) is 12.8. The molecular formula is C16H24N2O. The molecule has 0 spiro atoms. The number of hydrogen-bond donors (Lipinski definition) is 1. The van der Waals surface area contributed by atoms with Gasteiger partial charge in [0.2, 0.25) is 0 Å². The van der Waals surface area contributed by atoms with E-state index in [0.717, 1.165) is 25.4 Å². The zero-order valence-corrected chi connectivity index (χ0v) is 12.0. The smallest absolute Gasteiger partial charge is 0.121 e. The molecule has 0 aliphatic carbocycles. The van der Waals surface area contributed by atoms with E-state index in [-0.39, 0.29) is 0 Å². The number of hydrogen-bond acceptors (Lipinski definition) is 3. The van der Waals surface area contributed by atoms with Gasteiger partial charge in [-0.25, -0.2) is 0 Å². The summed E-state index contributed by atoms with van der Waals surface area (Å²) >= 11 is 0. The molecular weight excluding hydrogens is 236 g/mol. The molecule has 0 bridgehead atoms. The third kappa shape index (κ3) is 2.86. The van der Waals surface area contributed by atoms with E-state index < -0.39 is 0 Å². The molecule has 1 fully saturated rings. The van der Waals surface area contributed by atoms with Crippen molar-refractivity contribution in [2.75, 3.05) is 38.6 Å². The lowest BCUT2D eigenvalue weighted by atomic mass is 9.91. The Labute approximate surface area is 115 Å². The molecule has 3 heteroatoms. The van der Waals surface area contributed by atoms with Gasteiger partial charge in [0.15, 0.2) is 0 Å². The highest BCUT2D eigenvalue weighted by molar-refractivity contribution is 5.56. The van der Waals surface area contributed by atoms with E-state index in [1.165, 1.54) is 37.1 Å². The SMILES string of the molecule is CN1CCC(C)(COc2ccc3c(c2)NCCC3)C1.